The van der Waals surface area contributed by atoms with E-state index in [9.17, 15) is 0 Å². The zero-order chi connectivity index (χ0) is 37.9. The zero-order valence-corrected chi connectivity index (χ0v) is 31.2. The van der Waals surface area contributed by atoms with Crippen molar-refractivity contribution >= 4 is 87.5 Å². The lowest BCUT2D eigenvalue weighted by Crippen LogP contribution is -1.95. The van der Waals surface area contributed by atoms with Gasteiger partial charge in [-0.2, -0.15) is 0 Å². The maximum Gasteiger partial charge on any atom is 0.143 e. The first kappa shape index (κ1) is 31.4. The molecule has 0 radical (unpaired) electrons. The summed E-state index contributed by atoms with van der Waals surface area (Å²) in [6.45, 7) is 0. The molecular formula is C54H32N2O2. The fourth-order valence-corrected chi connectivity index (χ4v) is 9.66. The molecule has 0 fully saturated rings. The van der Waals surface area contributed by atoms with Crippen molar-refractivity contribution in [3.8, 4) is 33.6 Å². The van der Waals surface area contributed by atoms with Gasteiger partial charge in [-0.3, -0.25) is 0 Å². The SMILES string of the molecule is c1ccc(-n2c3ccccc3c3c(-c4ccc5c(c4)c4ccccc4n5-c4ccc5oc6ccccc6c5c4)c(-c4cccc5c4oc4ccccc45)ccc32)cc1. The van der Waals surface area contributed by atoms with Gasteiger partial charge in [0.15, 0.2) is 0 Å². The van der Waals surface area contributed by atoms with Crippen LogP contribution >= 0.6 is 0 Å². The Labute approximate surface area is 332 Å². The third kappa shape index (κ3) is 4.34. The summed E-state index contributed by atoms with van der Waals surface area (Å²) in [6.07, 6.45) is 0. The molecule has 13 rings (SSSR count). The molecule has 0 saturated heterocycles. The van der Waals surface area contributed by atoms with E-state index in [0.717, 1.165) is 88.5 Å². The number of hydrogen-bond acceptors (Lipinski definition) is 2. The van der Waals surface area contributed by atoms with Crippen molar-refractivity contribution in [2.75, 3.05) is 0 Å². The van der Waals surface area contributed by atoms with Crippen LogP contribution in [0.25, 0.3) is 121 Å². The van der Waals surface area contributed by atoms with E-state index < -0.39 is 0 Å². The summed E-state index contributed by atoms with van der Waals surface area (Å²) in [7, 11) is 0. The molecule has 4 nitrogen and oxygen atoms in total. The van der Waals surface area contributed by atoms with Gasteiger partial charge in [-0.05, 0) is 89.5 Å². The second-order valence-corrected chi connectivity index (χ2v) is 15.2. The standard InChI is InChI=1S/C54H32N2O2/c1-2-13-34(14-3-1)55-46-22-9-5-18-42(46)53-48(55)29-27-39(41-20-12-19-40-37-16-6-11-24-50(37)58-54(40)41)52(53)33-25-28-47-43(31-33)36-15-4-8-21-45(36)56(47)35-26-30-51-44(32-35)38-17-7-10-23-49(38)57-51/h1-32H. The minimum absolute atomic E-state index is 0.891. The lowest BCUT2D eigenvalue weighted by molar-refractivity contribution is 0.669. The van der Waals surface area contributed by atoms with Gasteiger partial charge in [-0.1, -0.05) is 121 Å². The van der Waals surface area contributed by atoms with Crippen LogP contribution in [0.15, 0.2) is 203 Å². The van der Waals surface area contributed by atoms with E-state index in [2.05, 4.69) is 185 Å². The first-order chi connectivity index (χ1) is 28.8. The Kier molecular flexibility index (Phi) is 6.41. The molecule has 270 valence electrons. The zero-order valence-electron chi connectivity index (χ0n) is 31.2. The number of aromatic nitrogens is 2. The van der Waals surface area contributed by atoms with Gasteiger partial charge in [-0.15, -0.1) is 0 Å². The van der Waals surface area contributed by atoms with E-state index in [1.54, 1.807) is 0 Å². The van der Waals surface area contributed by atoms with Crippen LogP contribution in [0.4, 0.5) is 0 Å². The molecule has 9 aromatic carbocycles. The van der Waals surface area contributed by atoms with Gasteiger partial charge in [0.1, 0.15) is 22.3 Å². The van der Waals surface area contributed by atoms with Crippen molar-refractivity contribution in [2.45, 2.75) is 0 Å². The molecular weight excluding hydrogens is 709 g/mol. The van der Waals surface area contributed by atoms with Crippen LogP contribution in [0.3, 0.4) is 0 Å². The lowest BCUT2D eigenvalue weighted by atomic mass is 9.89. The van der Waals surface area contributed by atoms with Crippen molar-refractivity contribution < 1.29 is 8.83 Å². The molecule has 0 atom stereocenters. The fourth-order valence-electron chi connectivity index (χ4n) is 9.66. The van der Waals surface area contributed by atoms with Gasteiger partial charge in [0, 0.05) is 60.0 Å². The van der Waals surface area contributed by atoms with Gasteiger partial charge in [0.05, 0.1) is 22.1 Å². The molecule has 58 heavy (non-hydrogen) atoms. The molecule has 0 aliphatic heterocycles. The fraction of sp³-hybridized carbons (Fsp3) is 0. The molecule has 0 unspecified atom stereocenters. The van der Waals surface area contributed by atoms with Crippen LogP contribution in [0.1, 0.15) is 0 Å². The minimum atomic E-state index is 0.891. The van der Waals surface area contributed by atoms with Crippen molar-refractivity contribution in [3.63, 3.8) is 0 Å². The number of benzene rings is 9. The molecule has 0 N–H and O–H groups in total. The first-order valence-electron chi connectivity index (χ1n) is 19.8. The van der Waals surface area contributed by atoms with Gasteiger partial charge >= 0.3 is 0 Å². The van der Waals surface area contributed by atoms with Crippen molar-refractivity contribution in [3.05, 3.63) is 194 Å². The molecule has 0 aliphatic rings. The van der Waals surface area contributed by atoms with Crippen LogP contribution < -0.4 is 0 Å². The molecule has 0 saturated carbocycles. The molecule has 0 spiro atoms. The Morgan fingerprint density at radius 1 is 0.310 bits per heavy atom. The molecule has 13 aromatic rings. The van der Waals surface area contributed by atoms with E-state index in [-0.39, 0.29) is 0 Å². The third-order valence-electron chi connectivity index (χ3n) is 12.1. The summed E-state index contributed by atoms with van der Waals surface area (Å²) in [5.74, 6) is 0. The third-order valence-corrected chi connectivity index (χ3v) is 12.1. The van der Waals surface area contributed by atoms with Gasteiger partial charge < -0.3 is 18.0 Å². The molecule has 0 amide bonds. The number of furan rings is 2. The highest BCUT2D eigenvalue weighted by molar-refractivity contribution is 6.22. The molecule has 4 aromatic heterocycles. The van der Waals surface area contributed by atoms with Crippen molar-refractivity contribution in [1.29, 1.82) is 0 Å². The van der Waals surface area contributed by atoms with Gasteiger partial charge in [0.25, 0.3) is 0 Å². The Hall–Kier alpha value is -7.82. The van der Waals surface area contributed by atoms with Crippen LogP contribution in [0.2, 0.25) is 0 Å². The molecule has 4 heteroatoms. The number of rotatable bonds is 4. The van der Waals surface area contributed by atoms with E-state index in [1.165, 1.54) is 32.6 Å². The van der Waals surface area contributed by atoms with Crippen LogP contribution in [-0.2, 0) is 0 Å². The summed E-state index contributed by atoms with van der Waals surface area (Å²) in [4.78, 5) is 0. The molecule has 0 aliphatic carbocycles. The van der Waals surface area contributed by atoms with Gasteiger partial charge in [-0.25, -0.2) is 0 Å². The Bertz CT molecular complexity index is 3800. The van der Waals surface area contributed by atoms with Crippen LogP contribution in [0, 0.1) is 0 Å². The topological polar surface area (TPSA) is 36.1 Å². The average Bonchev–Trinajstić information content (AvgIpc) is 4.04. The van der Waals surface area contributed by atoms with E-state index in [1.807, 2.05) is 18.2 Å². The maximum absolute atomic E-state index is 6.72. The summed E-state index contributed by atoms with van der Waals surface area (Å²) < 4.78 is 17.8. The Balaban J connectivity index is 1.13. The number of hydrogen-bond donors (Lipinski definition) is 0. The number of fused-ring (bicyclic) bond motifs is 12. The van der Waals surface area contributed by atoms with E-state index in [0.29, 0.717) is 0 Å². The summed E-state index contributed by atoms with van der Waals surface area (Å²) in [5, 5.41) is 9.30. The predicted octanol–water partition coefficient (Wildman–Crippen LogP) is 15.0. The highest BCUT2D eigenvalue weighted by atomic mass is 16.3. The lowest BCUT2D eigenvalue weighted by Gasteiger charge is -2.15. The van der Waals surface area contributed by atoms with Crippen LogP contribution in [-0.4, -0.2) is 9.13 Å². The van der Waals surface area contributed by atoms with Gasteiger partial charge in [0.2, 0.25) is 0 Å². The second kappa shape index (κ2) is 11.8. The van der Waals surface area contributed by atoms with E-state index in [4.69, 9.17) is 8.83 Å². The smallest absolute Gasteiger partial charge is 0.143 e. The molecule has 4 heterocycles. The number of nitrogens with zero attached hydrogens (tertiary/aromatic N) is 2. The van der Waals surface area contributed by atoms with Crippen molar-refractivity contribution in [2.24, 2.45) is 0 Å². The maximum atomic E-state index is 6.72. The summed E-state index contributed by atoms with van der Waals surface area (Å²) in [6, 6.07) is 69.6. The largest absolute Gasteiger partial charge is 0.456 e. The number of para-hydroxylation sites is 6. The second-order valence-electron chi connectivity index (χ2n) is 15.2. The molecule has 0 bridgehead atoms. The van der Waals surface area contributed by atoms with Crippen molar-refractivity contribution in [1.82, 2.24) is 9.13 Å². The summed E-state index contributed by atoms with van der Waals surface area (Å²) in [5.41, 5.74) is 15.0. The van der Waals surface area contributed by atoms with Crippen LogP contribution in [0.5, 0.6) is 0 Å². The normalized spacial score (nSPS) is 12.1. The average molecular weight is 741 g/mol. The monoisotopic (exact) mass is 740 g/mol. The first-order valence-corrected chi connectivity index (χ1v) is 19.8. The minimum Gasteiger partial charge on any atom is -0.456 e. The predicted molar refractivity (Wildman–Crippen MR) is 241 cm³/mol. The summed E-state index contributed by atoms with van der Waals surface area (Å²) >= 11 is 0. The Morgan fingerprint density at radius 2 is 0.914 bits per heavy atom. The highest BCUT2D eigenvalue weighted by Crippen LogP contribution is 2.47. The quantitative estimate of drug-likeness (QED) is 0.180. The highest BCUT2D eigenvalue weighted by Gasteiger charge is 2.23. The van der Waals surface area contributed by atoms with E-state index >= 15 is 0 Å². The Morgan fingerprint density at radius 3 is 1.74 bits per heavy atom.